The van der Waals surface area contributed by atoms with Gasteiger partial charge in [0.2, 0.25) is 11.4 Å². The summed E-state index contributed by atoms with van der Waals surface area (Å²) in [5, 5.41) is 0. The van der Waals surface area contributed by atoms with Crippen LogP contribution in [0.25, 0.3) is 16.9 Å². The largest absolute Gasteiger partial charge is 2.00 e. The smallest absolute Gasteiger partial charge is 0.493 e. The van der Waals surface area contributed by atoms with Gasteiger partial charge >= 0.3 is 20.4 Å². The van der Waals surface area contributed by atoms with Gasteiger partial charge in [-0.1, -0.05) is 77.6 Å². The topological polar surface area (TPSA) is 25.3 Å². The van der Waals surface area contributed by atoms with Crippen molar-refractivity contribution in [1.82, 2.24) is 0 Å². The van der Waals surface area contributed by atoms with Crippen molar-refractivity contribution in [2.24, 2.45) is 0 Å². The Morgan fingerprint density at radius 2 is 1.19 bits per heavy atom. The summed E-state index contributed by atoms with van der Waals surface area (Å²) in [6, 6.07) is 17.7. The molecule has 200 valence electrons. The van der Waals surface area contributed by atoms with Crippen LogP contribution >= 0.6 is 0 Å². The van der Waals surface area contributed by atoms with Crippen LogP contribution in [0.3, 0.4) is 0 Å². The third-order valence-electron chi connectivity index (χ3n) is 6.81. The number of benzene rings is 2. The van der Waals surface area contributed by atoms with E-state index < -0.39 is 0 Å². The van der Waals surface area contributed by atoms with E-state index in [0.717, 1.165) is 61.0 Å². The van der Waals surface area contributed by atoms with Crippen LogP contribution in [0.1, 0.15) is 108 Å². The molecule has 1 aliphatic rings. The van der Waals surface area contributed by atoms with Gasteiger partial charge in [-0.25, -0.2) is 4.70 Å². The number of aryl methyl sites for hydroxylation is 2. The molecule has 0 atom stereocenters. The van der Waals surface area contributed by atoms with Crippen molar-refractivity contribution in [3.63, 3.8) is 0 Å². The van der Waals surface area contributed by atoms with Crippen molar-refractivity contribution in [2.45, 2.75) is 98.3 Å². The Morgan fingerprint density at radius 3 is 1.81 bits per heavy atom. The summed E-state index contributed by atoms with van der Waals surface area (Å²) in [5.74, 6) is 0. The van der Waals surface area contributed by atoms with Gasteiger partial charge in [0, 0.05) is 22.3 Å². The number of unbranched alkanes of at least 4 members (excludes halogenated alkanes) is 4. The SMILES string of the molecule is CCCCCc1cccc(C2=C(CCCC)C(CC)=C(c3ccc(CCCC)cc3)[N+]2=[N-])c1.[CH3-].[CH3-].[Pd+2]. The number of nitrogens with zero attached hydrogens (tertiary/aromatic N) is 2. The Morgan fingerprint density at radius 1 is 0.611 bits per heavy atom. The van der Waals surface area contributed by atoms with Crippen LogP contribution in [0.15, 0.2) is 59.7 Å². The minimum Gasteiger partial charge on any atom is -0.493 e. The zero-order valence-electron chi connectivity index (χ0n) is 23.6. The summed E-state index contributed by atoms with van der Waals surface area (Å²) in [6.45, 7) is 8.94. The van der Waals surface area contributed by atoms with Crippen molar-refractivity contribution < 1.29 is 25.1 Å². The summed E-state index contributed by atoms with van der Waals surface area (Å²) < 4.78 is 1.50. The molecule has 2 aromatic rings. The maximum Gasteiger partial charge on any atom is 2.00 e. The van der Waals surface area contributed by atoms with Gasteiger partial charge in [-0.3, -0.25) is 0 Å². The predicted octanol–water partition coefficient (Wildman–Crippen LogP) is 10.4. The molecule has 0 amide bonds. The first-order valence-electron chi connectivity index (χ1n) is 13.3. The second kappa shape index (κ2) is 17.6. The number of hydrogen-bond donors (Lipinski definition) is 0. The molecule has 36 heavy (non-hydrogen) atoms. The predicted molar refractivity (Wildman–Crippen MR) is 155 cm³/mol. The van der Waals surface area contributed by atoms with Crippen molar-refractivity contribution in [3.05, 3.63) is 102 Å². The maximum absolute atomic E-state index is 11.6. The minimum absolute atomic E-state index is 0. The Labute approximate surface area is 236 Å². The molecule has 0 aromatic heterocycles. The monoisotopic (exact) mass is 578 g/mol. The van der Waals surface area contributed by atoms with Crippen LogP contribution in [-0.2, 0) is 33.3 Å². The maximum atomic E-state index is 11.6. The number of hydrogen-bond acceptors (Lipinski definition) is 0. The molecule has 1 aliphatic heterocycles. The summed E-state index contributed by atoms with van der Waals surface area (Å²) >= 11 is 0. The van der Waals surface area contributed by atoms with Crippen molar-refractivity contribution >= 4 is 11.4 Å². The van der Waals surface area contributed by atoms with E-state index in [1.165, 1.54) is 59.1 Å². The molecule has 2 nitrogen and oxygen atoms in total. The molecule has 0 saturated carbocycles. The Balaban J connectivity index is 0.00000408. The van der Waals surface area contributed by atoms with Gasteiger partial charge in [0.15, 0.2) is 0 Å². The Kier molecular flexibility index (Phi) is 16.7. The molecule has 0 radical (unpaired) electrons. The van der Waals surface area contributed by atoms with Crippen LogP contribution in [0.4, 0.5) is 0 Å². The molecule has 0 fully saturated rings. The van der Waals surface area contributed by atoms with Gasteiger partial charge in [0.1, 0.15) is 0 Å². The molecule has 3 rings (SSSR count). The van der Waals surface area contributed by atoms with Crippen molar-refractivity contribution in [2.75, 3.05) is 0 Å². The fourth-order valence-electron chi connectivity index (χ4n) is 4.91. The molecule has 0 spiro atoms. The average molecular weight is 579 g/mol. The van der Waals surface area contributed by atoms with Gasteiger partial charge in [-0.15, -0.1) is 0 Å². The number of rotatable bonds is 13. The molecular formula is C33H48N2Pd. The fraction of sp³-hybridized carbons (Fsp3) is 0.455. The zero-order valence-corrected chi connectivity index (χ0v) is 25.2. The van der Waals surface area contributed by atoms with E-state index >= 15 is 0 Å². The van der Waals surface area contributed by atoms with Gasteiger partial charge in [0.25, 0.3) is 0 Å². The van der Waals surface area contributed by atoms with E-state index in [-0.39, 0.29) is 35.3 Å². The molecule has 0 saturated heterocycles. The van der Waals surface area contributed by atoms with E-state index in [1.807, 2.05) is 0 Å². The summed E-state index contributed by atoms with van der Waals surface area (Å²) in [6.07, 6.45) is 12.6. The van der Waals surface area contributed by atoms with E-state index in [9.17, 15) is 5.53 Å². The first kappa shape index (κ1) is 34.2. The van der Waals surface area contributed by atoms with E-state index in [2.05, 4.69) is 76.2 Å². The average Bonchev–Trinajstić information content (AvgIpc) is 3.13. The van der Waals surface area contributed by atoms with Crippen LogP contribution in [0.5, 0.6) is 0 Å². The second-order valence-corrected chi connectivity index (χ2v) is 9.38. The first-order valence-corrected chi connectivity index (χ1v) is 13.3. The van der Waals surface area contributed by atoms with Crippen LogP contribution in [0.2, 0.25) is 0 Å². The zero-order chi connectivity index (χ0) is 23.6. The normalized spacial score (nSPS) is 12.8. The molecule has 0 unspecified atom stereocenters. The Bertz CT molecular complexity index is 999. The van der Waals surface area contributed by atoms with Crippen LogP contribution in [0, 0.1) is 14.9 Å². The summed E-state index contributed by atoms with van der Waals surface area (Å²) in [5.41, 5.74) is 21.1. The Hall–Kier alpha value is -1.82. The van der Waals surface area contributed by atoms with E-state index in [1.54, 1.807) is 0 Å². The van der Waals surface area contributed by atoms with E-state index in [0.29, 0.717) is 0 Å². The first-order chi connectivity index (χ1) is 16.1. The fourth-order valence-corrected chi connectivity index (χ4v) is 4.91. The van der Waals surface area contributed by atoms with Gasteiger partial charge in [0.05, 0.1) is 0 Å². The number of allylic oxidation sites excluding steroid dienone is 2. The third-order valence-corrected chi connectivity index (χ3v) is 6.81. The van der Waals surface area contributed by atoms with Crippen LogP contribution < -0.4 is 0 Å². The molecule has 1 heterocycles. The molecule has 0 bridgehead atoms. The molecule has 2 aromatic carbocycles. The van der Waals surface area contributed by atoms with Gasteiger partial charge < -0.3 is 20.4 Å². The molecular weight excluding hydrogens is 531 g/mol. The third kappa shape index (κ3) is 8.36. The van der Waals surface area contributed by atoms with Gasteiger partial charge in [-0.05, 0) is 80.3 Å². The molecule has 0 aliphatic carbocycles. The summed E-state index contributed by atoms with van der Waals surface area (Å²) in [4.78, 5) is 0. The van der Waals surface area contributed by atoms with Crippen LogP contribution in [-0.4, -0.2) is 4.70 Å². The second-order valence-electron chi connectivity index (χ2n) is 9.38. The quantitative estimate of drug-likeness (QED) is 0.0977. The minimum atomic E-state index is 0. The van der Waals surface area contributed by atoms with Crippen molar-refractivity contribution in [1.29, 1.82) is 0 Å². The summed E-state index contributed by atoms with van der Waals surface area (Å²) in [7, 11) is 0. The van der Waals surface area contributed by atoms with Gasteiger partial charge in [-0.2, -0.15) is 0 Å². The van der Waals surface area contributed by atoms with E-state index in [4.69, 9.17) is 0 Å². The molecule has 3 heteroatoms. The van der Waals surface area contributed by atoms with Crippen molar-refractivity contribution in [3.8, 4) is 0 Å². The standard InChI is InChI=1S/C31H42N2.2CH3.Pd/c1-5-9-12-15-25-16-13-17-27(23-25)31-29(18-11-7-3)28(8-4)30(33(31)32)26-21-19-24(20-22-26)14-10-6-2;;;/h13,16-17,19-23H,5-12,14-15,18H2,1-4H3;2*1H3;/q;2*-1;+2. The molecule has 0 N–H and O–H groups in total.